The second-order valence-electron chi connectivity index (χ2n) is 13.0. The van der Waals surface area contributed by atoms with Gasteiger partial charge in [0.05, 0.1) is 16.3 Å². The van der Waals surface area contributed by atoms with E-state index in [0.717, 1.165) is 23.1 Å². The van der Waals surface area contributed by atoms with E-state index in [0.29, 0.717) is 61.6 Å². The highest BCUT2D eigenvalue weighted by Gasteiger charge is 2.38. The second-order valence-corrected chi connectivity index (χ2v) is 13.4. The predicted molar refractivity (Wildman–Crippen MR) is 190 cm³/mol. The largest absolute Gasteiger partial charge is 0.390 e. The molecule has 0 radical (unpaired) electrons. The minimum Gasteiger partial charge on any atom is -0.390 e. The molecule has 1 amide bonds. The van der Waals surface area contributed by atoms with Crippen molar-refractivity contribution in [3.63, 3.8) is 0 Å². The number of hydrogen-bond acceptors (Lipinski definition) is 8. The Morgan fingerprint density at radius 2 is 2.04 bits per heavy atom. The molecule has 11 heteroatoms. The van der Waals surface area contributed by atoms with Crippen LogP contribution in [0.3, 0.4) is 0 Å². The number of aromatic nitrogens is 2. The molecule has 5 rings (SSSR count). The van der Waals surface area contributed by atoms with Crippen molar-refractivity contribution in [1.29, 1.82) is 0 Å². The van der Waals surface area contributed by atoms with Crippen LogP contribution in [0.15, 0.2) is 89.6 Å². The van der Waals surface area contributed by atoms with E-state index >= 15 is 0 Å². The van der Waals surface area contributed by atoms with Gasteiger partial charge in [-0.1, -0.05) is 54.1 Å². The van der Waals surface area contributed by atoms with Crippen LogP contribution >= 0.6 is 11.6 Å². The molecule has 1 aromatic heterocycles. The lowest BCUT2D eigenvalue weighted by Crippen LogP contribution is -2.53. The van der Waals surface area contributed by atoms with Crippen LogP contribution in [-0.4, -0.2) is 68.8 Å². The van der Waals surface area contributed by atoms with Gasteiger partial charge in [-0.2, -0.15) is 0 Å². The summed E-state index contributed by atoms with van der Waals surface area (Å²) in [5.74, 6) is -0.207. The van der Waals surface area contributed by atoms with Crippen molar-refractivity contribution < 1.29 is 15.0 Å². The van der Waals surface area contributed by atoms with Crippen molar-refractivity contribution in [2.45, 2.75) is 75.4 Å². The van der Waals surface area contributed by atoms with E-state index < -0.39 is 11.8 Å². The summed E-state index contributed by atoms with van der Waals surface area (Å²) in [5, 5.41) is 30.9. The summed E-state index contributed by atoms with van der Waals surface area (Å²) in [4.78, 5) is 35.9. The number of amides is 1. The van der Waals surface area contributed by atoms with Crippen molar-refractivity contribution in [3.05, 3.63) is 117 Å². The number of aliphatic hydroxyl groups excluding tert-OH is 1. The van der Waals surface area contributed by atoms with Crippen LogP contribution in [-0.2, 0) is 11.3 Å². The summed E-state index contributed by atoms with van der Waals surface area (Å²) in [6.07, 6.45) is 17.0. The third-order valence-electron chi connectivity index (χ3n) is 8.97. The quantitative estimate of drug-likeness (QED) is 0.176. The molecule has 1 aromatic carbocycles. The standard InChI is InChI=1S/C37H45ClN6O4/c1-3-5-25(9-8-24-14-16-39-20-27(35(46)41-17-15-24)21-40-23-28-11-13-33(45)43-28)30-6-4-7-31(34(30)38)32-12-10-26(36(47)44-32)22-42-29-18-37(2,48)19-29/h3-4,6-10,12,14-17,20,25-26,28-29,36,40,42,47-48H,1,5,11,13,18-19,21-23H2,2H3,(H,41,46)(H,43,45)/b9-8+/t25?,26?,28-,29-,36?,37-/m0/s1. The summed E-state index contributed by atoms with van der Waals surface area (Å²) in [7, 11) is 0. The molecule has 3 unspecified atom stereocenters. The molecule has 4 atom stereocenters. The van der Waals surface area contributed by atoms with Crippen molar-refractivity contribution in [1.82, 2.24) is 25.9 Å². The lowest BCUT2D eigenvalue weighted by atomic mass is 9.77. The van der Waals surface area contributed by atoms with Gasteiger partial charge in [0.15, 0.2) is 6.23 Å². The number of nitrogens with zero attached hydrogens (tertiary/aromatic N) is 2. The molecule has 2 fully saturated rings. The molecule has 48 heavy (non-hydrogen) atoms. The number of allylic oxidation sites excluding steroid dienone is 3. The SMILES string of the molecule is C=CCC(/C=C/c1ccncc(CNC[C@@H]2CCC(=O)N2)c(=O)[nH]cc1)c1cccc(C2=NC(O)C(CN[C@H]3C[C@](C)(O)C3)C=C2)c1Cl. The normalized spacial score (nSPS) is 25.6. The first-order valence-electron chi connectivity index (χ1n) is 16.5. The number of aliphatic hydroxyl groups is 2. The Labute approximate surface area is 286 Å². The third-order valence-corrected chi connectivity index (χ3v) is 9.39. The number of rotatable bonds is 13. The number of aliphatic imine (C=N–C) groups is 1. The Bertz CT molecular complexity index is 1680. The molecule has 3 aliphatic rings. The van der Waals surface area contributed by atoms with Crippen LogP contribution < -0.4 is 21.5 Å². The Hall–Kier alpha value is -3.93. The Morgan fingerprint density at radius 1 is 1.21 bits per heavy atom. The van der Waals surface area contributed by atoms with Crippen LogP contribution in [0.25, 0.3) is 6.08 Å². The maximum Gasteiger partial charge on any atom is 0.253 e. The number of H-pyrrole nitrogens is 1. The maximum atomic E-state index is 12.8. The van der Waals surface area contributed by atoms with Gasteiger partial charge in [0.1, 0.15) is 0 Å². The Balaban J connectivity index is 1.26. The molecule has 1 aliphatic carbocycles. The molecule has 0 bridgehead atoms. The molecule has 1 saturated heterocycles. The molecule has 2 aliphatic heterocycles. The topological polar surface area (TPSA) is 152 Å². The first kappa shape index (κ1) is 35.4. The molecule has 1 saturated carbocycles. The van der Waals surface area contributed by atoms with Crippen molar-refractivity contribution >= 4 is 29.3 Å². The highest BCUT2D eigenvalue weighted by molar-refractivity contribution is 6.36. The highest BCUT2D eigenvalue weighted by Crippen LogP contribution is 2.34. The minimum atomic E-state index is -0.904. The van der Waals surface area contributed by atoms with E-state index in [1.807, 2.05) is 61.6 Å². The van der Waals surface area contributed by atoms with Gasteiger partial charge in [-0.15, -0.1) is 6.58 Å². The third kappa shape index (κ3) is 9.58. The van der Waals surface area contributed by atoms with Gasteiger partial charge in [-0.3, -0.25) is 19.6 Å². The second kappa shape index (κ2) is 16.5. The lowest BCUT2D eigenvalue weighted by molar-refractivity contribution is -0.119. The zero-order valence-corrected chi connectivity index (χ0v) is 28.0. The zero-order valence-electron chi connectivity index (χ0n) is 27.2. The van der Waals surface area contributed by atoms with E-state index in [1.165, 1.54) is 6.20 Å². The number of aromatic amines is 1. The molecule has 2 aromatic rings. The van der Waals surface area contributed by atoms with Crippen molar-refractivity contribution in [2.75, 3.05) is 13.1 Å². The number of hydrogen-bond donors (Lipinski definition) is 6. The van der Waals surface area contributed by atoms with Crippen LogP contribution in [0.2, 0.25) is 5.02 Å². The Kier molecular flexibility index (Phi) is 12.1. The van der Waals surface area contributed by atoms with Gasteiger partial charge >= 0.3 is 0 Å². The van der Waals surface area contributed by atoms with Gasteiger partial charge in [0, 0.05) is 79.7 Å². The zero-order chi connectivity index (χ0) is 34.1. The summed E-state index contributed by atoms with van der Waals surface area (Å²) in [6.45, 7) is 7.27. The first-order chi connectivity index (χ1) is 23.1. The average Bonchev–Trinajstić information content (AvgIpc) is 3.46. The van der Waals surface area contributed by atoms with E-state index in [9.17, 15) is 19.8 Å². The van der Waals surface area contributed by atoms with Crippen molar-refractivity contribution in [2.24, 2.45) is 10.9 Å². The summed E-state index contributed by atoms with van der Waals surface area (Å²) >= 11 is 7.00. The number of halogens is 1. The predicted octanol–water partition coefficient (Wildman–Crippen LogP) is 4.09. The highest BCUT2D eigenvalue weighted by atomic mass is 35.5. The summed E-state index contributed by atoms with van der Waals surface area (Å²) < 4.78 is 0. The lowest BCUT2D eigenvalue weighted by Gasteiger charge is -2.42. The fourth-order valence-corrected chi connectivity index (χ4v) is 6.62. The molecule has 254 valence electrons. The van der Waals surface area contributed by atoms with Gasteiger partial charge < -0.3 is 31.1 Å². The van der Waals surface area contributed by atoms with Crippen LogP contribution in [0.4, 0.5) is 0 Å². The smallest absolute Gasteiger partial charge is 0.253 e. The molecular weight excluding hydrogens is 628 g/mol. The van der Waals surface area contributed by atoms with E-state index in [-0.39, 0.29) is 35.4 Å². The van der Waals surface area contributed by atoms with Crippen LogP contribution in [0.5, 0.6) is 0 Å². The van der Waals surface area contributed by atoms with Gasteiger partial charge in [-0.25, -0.2) is 0 Å². The number of benzene rings is 1. The number of nitrogens with one attached hydrogen (secondary N) is 4. The molecule has 3 heterocycles. The number of carbonyl (C=O) groups excluding carboxylic acids is 1. The number of dihydropyridines is 1. The minimum absolute atomic E-state index is 0.0586. The van der Waals surface area contributed by atoms with Crippen LogP contribution in [0.1, 0.15) is 67.2 Å². The fourth-order valence-electron chi connectivity index (χ4n) is 6.26. The van der Waals surface area contributed by atoms with E-state index in [2.05, 4.69) is 37.5 Å². The van der Waals surface area contributed by atoms with Gasteiger partial charge in [-0.05, 0) is 61.9 Å². The van der Waals surface area contributed by atoms with Gasteiger partial charge in [0.2, 0.25) is 5.91 Å². The molecule has 6 N–H and O–H groups in total. The summed E-state index contributed by atoms with van der Waals surface area (Å²) in [5.41, 5.74) is 2.71. The van der Waals surface area contributed by atoms with Crippen LogP contribution in [0, 0.1) is 5.92 Å². The summed E-state index contributed by atoms with van der Waals surface area (Å²) in [6, 6.07) is 9.80. The fraction of sp³-hybridized carbons (Fsp3) is 0.405. The molecule has 10 nitrogen and oxygen atoms in total. The van der Waals surface area contributed by atoms with E-state index in [1.54, 1.807) is 18.5 Å². The molecular formula is C37H45ClN6O4. The maximum absolute atomic E-state index is 12.8. The molecule has 0 spiro atoms. The average molecular weight is 673 g/mol. The van der Waals surface area contributed by atoms with Gasteiger partial charge in [0.25, 0.3) is 5.56 Å². The van der Waals surface area contributed by atoms with Crippen molar-refractivity contribution in [3.8, 4) is 0 Å². The monoisotopic (exact) mass is 672 g/mol. The first-order valence-corrected chi connectivity index (χ1v) is 16.9. The number of carbonyl (C=O) groups is 1. The Morgan fingerprint density at radius 3 is 2.77 bits per heavy atom. The van der Waals surface area contributed by atoms with E-state index in [4.69, 9.17) is 11.6 Å².